The number of carbonyl (C=O) groups excluding carboxylic acids is 1. The second-order valence-electron chi connectivity index (χ2n) is 8.40. The molecule has 2 unspecified atom stereocenters. The third-order valence-corrected chi connectivity index (χ3v) is 7.52. The van der Waals surface area contributed by atoms with E-state index < -0.39 is 0 Å². The minimum atomic E-state index is -0.291. The van der Waals surface area contributed by atoms with Crippen LogP contribution in [0.4, 0.5) is 5.69 Å². The summed E-state index contributed by atoms with van der Waals surface area (Å²) >= 11 is 1.52. The van der Waals surface area contributed by atoms with Crippen LogP contribution in [0.5, 0.6) is 11.5 Å². The molecule has 0 amide bonds. The average Bonchev–Trinajstić information content (AvgIpc) is 3.38. The maximum Gasteiger partial charge on any atom is 0.264 e. The van der Waals surface area contributed by atoms with E-state index in [4.69, 9.17) is 9.47 Å². The number of hydrogen-bond acceptors (Lipinski definition) is 8. The smallest absolute Gasteiger partial charge is 0.264 e. The van der Waals surface area contributed by atoms with Crippen molar-refractivity contribution in [3.05, 3.63) is 59.9 Å². The van der Waals surface area contributed by atoms with Crippen LogP contribution in [0.25, 0.3) is 0 Å². The van der Waals surface area contributed by atoms with Gasteiger partial charge in [-0.1, -0.05) is 23.9 Å². The molecule has 8 nitrogen and oxygen atoms in total. The fraction of sp³-hybridized carbons (Fsp3) is 0.400. The van der Waals surface area contributed by atoms with Gasteiger partial charge in [0.25, 0.3) is 5.91 Å². The summed E-state index contributed by atoms with van der Waals surface area (Å²) in [6.07, 6.45) is 0. The van der Waals surface area contributed by atoms with Crippen molar-refractivity contribution in [2.45, 2.75) is 30.3 Å². The number of anilines is 1. The van der Waals surface area contributed by atoms with Crippen molar-refractivity contribution in [1.82, 2.24) is 19.7 Å². The molecule has 0 bridgehead atoms. The normalized spacial score (nSPS) is 19.2. The van der Waals surface area contributed by atoms with Crippen LogP contribution >= 0.6 is 11.8 Å². The second kappa shape index (κ2) is 9.68. The van der Waals surface area contributed by atoms with Crippen LogP contribution < -0.4 is 14.4 Å². The zero-order valence-electron chi connectivity index (χ0n) is 19.7. The summed E-state index contributed by atoms with van der Waals surface area (Å²) in [5.74, 6) is 2.32. The van der Waals surface area contributed by atoms with Crippen molar-refractivity contribution in [2.75, 3.05) is 44.8 Å². The summed E-state index contributed by atoms with van der Waals surface area (Å²) in [5.41, 5.74) is 2.29. The minimum Gasteiger partial charge on any atom is -0.497 e. The lowest BCUT2D eigenvalue weighted by Crippen LogP contribution is -2.50. The molecule has 34 heavy (non-hydrogen) atoms. The van der Waals surface area contributed by atoms with E-state index in [-0.39, 0.29) is 17.2 Å². The van der Waals surface area contributed by atoms with Gasteiger partial charge < -0.3 is 14.4 Å². The number of aromatic nitrogens is 3. The Morgan fingerprint density at radius 2 is 1.71 bits per heavy atom. The Morgan fingerprint density at radius 1 is 1.03 bits per heavy atom. The molecule has 0 saturated carbocycles. The molecule has 1 aromatic heterocycles. The number of methoxy groups -OCH3 is 1. The van der Waals surface area contributed by atoms with Gasteiger partial charge in [0.05, 0.1) is 19.8 Å². The Hall–Kier alpha value is -3.04. The predicted molar refractivity (Wildman–Crippen MR) is 132 cm³/mol. The zero-order valence-corrected chi connectivity index (χ0v) is 20.5. The molecule has 1 saturated heterocycles. The van der Waals surface area contributed by atoms with Gasteiger partial charge in [0, 0.05) is 31.9 Å². The lowest BCUT2D eigenvalue weighted by molar-refractivity contribution is 0.0830. The summed E-state index contributed by atoms with van der Waals surface area (Å²) in [4.78, 5) is 22.6. The van der Waals surface area contributed by atoms with E-state index in [0.717, 1.165) is 43.2 Å². The average molecular weight is 480 g/mol. The molecule has 5 rings (SSSR count). The van der Waals surface area contributed by atoms with E-state index in [9.17, 15) is 4.79 Å². The van der Waals surface area contributed by atoms with Crippen LogP contribution in [-0.2, 0) is 0 Å². The Bertz CT molecular complexity index is 1140. The van der Waals surface area contributed by atoms with Gasteiger partial charge >= 0.3 is 0 Å². The molecule has 0 N–H and O–H groups in total. The fourth-order valence-electron chi connectivity index (χ4n) is 4.66. The molecule has 0 spiro atoms. The highest BCUT2D eigenvalue weighted by atomic mass is 32.2. The van der Waals surface area contributed by atoms with Crippen LogP contribution in [0.3, 0.4) is 0 Å². The minimum absolute atomic E-state index is 0.00271. The number of fused-ring (bicyclic) bond motifs is 1. The van der Waals surface area contributed by atoms with Crippen LogP contribution in [0, 0.1) is 6.92 Å². The van der Waals surface area contributed by atoms with Gasteiger partial charge in [-0.3, -0.25) is 9.69 Å². The molecule has 1 fully saturated rings. The molecule has 9 heteroatoms. The van der Waals surface area contributed by atoms with Crippen molar-refractivity contribution in [1.29, 1.82) is 0 Å². The fourth-order valence-corrected chi connectivity index (χ4v) is 5.96. The lowest BCUT2D eigenvalue weighted by Gasteiger charge is -2.41. The largest absolute Gasteiger partial charge is 0.497 e. The molecule has 2 aliphatic rings. The molecule has 2 aromatic carbocycles. The van der Waals surface area contributed by atoms with Gasteiger partial charge in [-0.15, -0.1) is 5.10 Å². The zero-order chi connectivity index (χ0) is 23.7. The van der Waals surface area contributed by atoms with Crippen LogP contribution in [0.1, 0.15) is 29.1 Å². The van der Waals surface area contributed by atoms with Crippen LogP contribution in [-0.4, -0.2) is 70.7 Å². The van der Waals surface area contributed by atoms with E-state index >= 15 is 0 Å². The number of carbonyl (C=O) groups is 1. The number of nitrogens with zero attached hydrogens (tertiary/aromatic N) is 5. The molecule has 3 aromatic rings. The number of benzene rings is 2. The van der Waals surface area contributed by atoms with E-state index in [1.807, 2.05) is 38.1 Å². The predicted octanol–water partition coefficient (Wildman–Crippen LogP) is 3.67. The van der Waals surface area contributed by atoms with Crippen molar-refractivity contribution in [3.63, 3.8) is 0 Å². The molecule has 0 aliphatic carbocycles. The van der Waals surface area contributed by atoms with E-state index in [2.05, 4.69) is 44.1 Å². The van der Waals surface area contributed by atoms with Crippen molar-refractivity contribution in [3.8, 4) is 11.5 Å². The second-order valence-corrected chi connectivity index (χ2v) is 9.51. The Labute approximate surface area is 203 Å². The van der Waals surface area contributed by atoms with Crippen LogP contribution in [0.15, 0.2) is 53.7 Å². The highest BCUT2D eigenvalue weighted by Crippen LogP contribution is 2.41. The number of aryl methyl sites for hydroxylation is 1. The first kappa shape index (κ1) is 22.7. The van der Waals surface area contributed by atoms with Crippen molar-refractivity contribution < 1.29 is 14.3 Å². The number of rotatable bonds is 7. The number of thioether (sulfide) groups is 1. The first-order valence-electron chi connectivity index (χ1n) is 11.6. The quantitative estimate of drug-likeness (QED) is 0.508. The first-order chi connectivity index (χ1) is 16.6. The van der Waals surface area contributed by atoms with E-state index in [1.165, 1.54) is 22.1 Å². The monoisotopic (exact) mass is 479 g/mol. The molecule has 2 atom stereocenters. The van der Waals surface area contributed by atoms with Gasteiger partial charge in [0.2, 0.25) is 0 Å². The molecular weight excluding hydrogens is 450 g/mol. The highest BCUT2D eigenvalue weighted by Gasteiger charge is 2.43. The summed E-state index contributed by atoms with van der Waals surface area (Å²) in [6, 6.07) is 16.3. The molecule has 2 aliphatic heterocycles. The van der Waals surface area contributed by atoms with Gasteiger partial charge in [-0.05, 0) is 55.8 Å². The number of ether oxygens (including phenoxy) is 2. The topological polar surface area (TPSA) is 72.7 Å². The van der Waals surface area contributed by atoms with Crippen LogP contribution in [0.2, 0.25) is 0 Å². The number of piperazine rings is 1. The van der Waals surface area contributed by atoms with Gasteiger partial charge in [-0.2, -0.15) is 4.68 Å². The summed E-state index contributed by atoms with van der Waals surface area (Å²) in [7, 11) is 1.68. The van der Waals surface area contributed by atoms with Crippen molar-refractivity contribution in [2.24, 2.45) is 0 Å². The summed E-state index contributed by atoms with van der Waals surface area (Å²) in [5, 5.41) is 4.72. The SMILES string of the molecule is CCOc1ccc(C(C2Sc3nc(C)nn3C2=O)N2CCN(c3ccc(OC)cc3)CC2)cc1. The van der Waals surface area contributed by atoms with Gasteiger partial charge in [-0.25, -0.2) is 4.98 Å². The lowest BCUT2D eigenvalue weighted by atomic mass is 9.99. The van der Waals surface area contributed by atoms with E-state index in [1.54, 1.807) is 7.11 Å². The van der Waals surface area contributed by atoms with Gasteiger partial charge in [0.15, 0.2) is 5.16 Å². The standard InChI is InChI=1S/C25H29N5O3S/c1-4-33-21-9-5-18(6-10-21)22(23-24(31)30-25(34-23)26-17(2)27-30)29-15-13-28(14-16-29)19-7-11-20(32-3)12-8-19/h5-12,22-23H,4,13-16H2,1-3H3. The van der Waals surface area contributed by atoms with Crippen molar-refractivity contribution >= 4 is 23.4 Å². The molecule has 3 heterocycles. The number of hydrogen-bond donors (Lipinski definition) is 0. The van der Waals surface area contributed by atoms with Gasteiger partial charge in [0.1, 0.15) is 22.6 Å². The highest BCUT2D eigenvalue weighted by molar-refractivity contribution is 8.00. The third kappa shape index (κ3) is 4.37. The first-order valence-corrected chi connectivity index (χ1v) is 12.5. The summed E-state index contributed by atoms with van der Waals surface area (Å²) < 4.78 is 12.4. The molecular formula is C25H29N5O3S. The molecule has 0 radical (unpaired) electrons. The third-order valence-electron chi connectivity index (χ3n) is 6.33. The Balaban J connectivity index is 1.37. The Kier molecular flexibility index (Phi) is 6.47. The van der Waals surface area contributed by atoms with E-state index in [0.29, 0.717) is 17.6 Å². The maximum atomic E-state index is 13.3. The Morgan fingerprint density at radius 3 is 2.32 bits per heavy atom. The maximum absolute atomic E-state index is 13.3. The molecule has 178 valence electrons. The summed E-state index contributed by atoms with van der Waals surface area (Å²) in [6.45, 7) is 7.88.